The van der Waals surface area contributed by atoms with Crippen LogP contribution in [0.15, 0.2) is 35.7 Å². The third-order valence-corrected chi connectivity index (χ3v) is 4.57. The number of rotatable bonds is 5. The van der Waals surface area contributed by atoms with E-state index in [4.69, 9.17) is 11.6 Å². The van der Waals surface area contributed by atoms with E-state index in [9.17, 15) is 4.79 Å². The molecular formula is C16H19ClN2OS. The first-order valence-electron chi connectivity index (χ1n) is 6.84. The molecular weight excluding hydrogens is 304 g/mol. The van der Waals surface area contributed by atoms with Gasteiger partial charge in [0.05, 0.1) is 16.8 Å². The van der Waals surface area contributed by atoms with E-state index in [0.717, 1.165) is 5.69 Å². The van der Waals surface area contributed by atoms with Crippen LogP contribution in [0.3, 0.4) is 0 Å². The Balaban J connectivity index is 2.30. The van der Waals surface area contributed by atoms with Crippen molar-refractivity contribution in [1.82, 2.24) is 5.32 Å². The SMILES string of the molecule is CNC(=O)c1ccc(Cl)c(NC(c2cccs2)C(C)C)c1. The second kappa shape index (κ2) is 6.96. The summed E-state index contributed by atoms with van der Waals surface area (Å²) in [4.78, 5) is 13.0. The van der Waals surface area contributed by atoms with Crippen molar-refractivity contribution in [2.45, 2.75) is 19.9 Å². The lowest BCUT2D eigenvalue weighted by molar-refractivity contribution is 0.0963. The quantitative estimate of drug-likeness (QED) is 0.846. The molecule has 0 bridgehead atoms. The van der Waals surface area contributed by atoms with E-state index in [0.29, 0.717) is 16.5 Å². The smallest absolute Gasteiger partial charge is 0.251 e. The highest BCUT2D eigenvalue weighted by Gasteiger charge is 2.18. The van der Waals surface area contributed by atoms with Gasteiger partial charge in [0.15, 0.2) is 0 Å². The molecule has 0 radical (unpaired) electrons. The molecule has 1 aromatic carbocycles. The molecule has 1 aromatic heterocycles. The number of thiophene rings is 1. The zero-order valence-electron chi connectivity index (χ0n) is 12.3. The fourth-order valence-corrected chi connectivity index (χ4v) is 3.24. The predicted molar refractivity (Wildman–Crippen MR) is 90.4 cm³/mol. The van der Waals surface area contributed by atoms with E-state index >= 15 is 0 Å². The van der Waals surface area contributed by atoms with Gasteiger partial charge < -0.3 is 10.6 Å². The molecule has 0 saturated heterocycles. The van der Waals surface area contributed by atoms with Crippen LogP contribution in [0.4, 0.5) is 5.69 Å². The molecule has 21 heavy (non-hydrogen) atoms. The van der Waals surface area contributed by atoms with Crippen molar-refractivity contribution in [2.24, 2.45) is 5.92 Å². The zero-order valence-corrected chi connectivity index (χ0v) is 13.9. The van der Waals surface area contributed by atoms with Gasteiger partial charge in [-0.1, -0.05) is 31.5 Å². The van der Waals surface area contributed by atoms with Gasteiger partial charge in [-0.2, -0.15) is 0 Å². The Morgan fingerprint density at radius 1 is 1.29 bits per heavy atom. The number of carbonyl (C=O) groups excluding carboxylic acids is 1. The summed E-state index contributed by atoms with van der Waals surface area (Å²) in [5, 5.41) is 8.77. The van der Waals surface area contributed by atoms with Crippen LogP contribution in [0.2, 0.25) is 5.02 Å². The molecule has 2 aromatic rings. The highest BCUT2D eigenvalue weighted by molar-refractivity contribution is 7.10. The fraction of sp³-hybridized carbons (Fsp3) is 0.312. The van der Waals surface area contributed by atoms with Crippen molar-refractivity contribution in [3.63, 3.8) is 0 Å². The molecule has 1 heterocycles. The number of anilines is 1. The minimum absolute atomic E-state index is 0.119. The Labute approximate surface area is 134 Å². The maximum atomic E-state index is 11.7. The molecule has 1 amide bonds. The van der Waals surface area contributed by atoms with Gasteiger partial charge in [-0.15, -0.1) is 11.3 Å². The standard InChI is InChI=1S/C16H19ClN2OS/c1-10(2)15(14-5-4-8-21-14)19-13-9-11(16(20)18-3)6-7-12(13)17/h4-10,15,19H,1-3H3,(H,18,20). The highest BCUT2D eigenvalue weighted by Crippen LogP contribution is 2.33. The molecule has 112 valence electrons. The number of carbonyl (C=O) groups is 1. The summed E-state index contributed by atoms with van der Waals surface area (Å²) in [6.45, 7) is 4.32. The lowest BCUT2D eigenvalue weighted by Gasteiger charge is -2.23. The fourth-order valence-electron chi connectivity index (χ4n) is 2.12. The number of hydrogen-bond acceptors (Lipinski definition) is 3. The topological polar surface area (TPSA) is 41.1 Å². The maximum Gasteiger partial charge on any atom is 0.251 e. The first kappa shape index (κ1) is 15.9. The average molecular weight is 323 g/mol. The van der Waals surface area contributed by atoms with Gasteiger partial charge in [0.1, 0.15) is 0 Å². The van der Waals surface area contributed by atoms with Gasteiger partial charge in [-0.25, -0.2) is 0 Å². The molecule has 0 spiro atoms. The summed E-state index contributed by atoms with van der Waals surface area (Å²) in [7, 11) is 1.62. The van der Waals surface area contributed by atoms with Crippen LogP contribution in [0.5, 0.6) is 0 Å². The molecule has 0 aliphatic carbocycles. The lowest BCUT2D eigenvalue weighted by atomic mass is 10.0. The molecule has 5 heteroatoms. The molecule has 0 saturated carbocycles. The van der Waals surface area contributed by atoms with Crippen LogP contribution in [0.1, 0.15) is 35.1 Å². The monoisotopic (exact) mass is 322 g/mol. The molecule has 1 unspecified atom stereocenters. The molecule has 3 nitrogen and oxygen atoms in total. The number of benzene rings is 1. The van der Waals surface area contributed by atoms with Crippen molar-refractivity contribution in [3.8, 4) is 0 Å². The largest absolute Gasteiger partial charge is 0.376 e. The Kier molecular flexibility index (Phi) is 5.26. The van der Waals surface area contributed by atoms with Gasteiger partial charge in [0.25, 0.3) is 5.91 Å². The van der Waals surface area contributed by atoms with Crippen LogP contribution in [-0.2, 0) is 0 Å². The van der Waals surface area contributed by atoms with Gasteiger partial charge in [0.2, 0.25) is 0 Å². The van der Waals surface area contributed by atoms with Crippen LogP contribution in [0.25, 0.3) is 0 Å². The Hall–Kier alpha value is -1.52. The van der Waals surface area contributed by atoms with Gasteiger partial charge in [-0.05, 0) is 35.6 Å². The minimum Gasteiger partial charge on any atom is -0.376 e. The summed E-state index contributed by atoms with van der Waals surface area (Å²) < 4.78 is 0. The van der Waals surface area contributed by atoms with E-state index in [1.807, 2.05) is 6.07 Å². The van der Waals surface area contributed by atoms with Crippen molar-refractivity contribution in [2.75, 3.05) is 12.4 Å². The molecule has 2 rings (SSSR count). The third-order valence-electron chi connectivity index (χ3n) is 3.28. The lowest BCUT2D eigenvalue weighted by Crippen LogP contribution is -2.19. The number of nitrogens with one attached hydrogen (secondary N) is 2. The summed E-state index contributed by atoms with van der Waals surface area (Å²) in [6.07, 6.45) is 0. The average Bonchev–Trinajstić information content (AvgIpc) is 2.99. The second-order valence-corrected chi connectivity index (χ2v) is 6.54. The normalized spacial score (nSPS) is 12.2. The Morgan fingerprint density at radius 3 is 2.62 bits per heavy atom. The maximum absolute atomic E-state index is 11.7. The van der Waals surface area contributed by atoms with Crippen molar-refractivity contribution in [1.29, 1.82) is 0 Å². The first-order chi connectivity index (χ1) is 10.0. The van der Waals surface area contributed by atoms with E-state index in [-0.39, 0.29) is 11.9 Å². The summed E-state index contributed by atoms with van der Waals surface area (Å²) in [5.74, 6) is 0.287. The first-order valence-corrected chi connectivity index (χ1v) is 8.10. The van der Waals surface area contributed by atoms with Crippen molar-refractivity contribution >= 4 is 34.5 Å². The molecule has 0 aliphatic rings. The van der Waals surface area contributed by atoms with Crippen LogP contribution >= 0.6 is 22.9 Å². The van der Waals surface area contributed by atoms with Crippen molar-refractivity contribution in [3.05, 3.63) is 51.2 Å². The zero-order chi connectivity index (χ0) is 15.4. The number of halogens is 1. The Morgan fingerprint density at radius 2 is 2.05 bits per heavy atom. The highest BCUT2D eigenvalue weighted by atomic mass is 35.5. The van der Waals surface area contributed by atoms with Crippen LogP contribution < -0.4 is 10.6 Å². The molecule has 0 aliphatic heterocycles. The summed E-state index contributed by atoms with van der Waals surface area (Å²) in [5.41, 5.74) is 1.38. The van der Waals surface area contributed by atoms with Gasteiger partial charge in [0, 0.05) is 17.5 Å². The molecule has 2 N–H and O–H groups in total. The van der Waals surface area contributed by atoms with Crippen molar-refractivity contribution < 1.29 is 4.79 Å². The predicted octanol–water partition coefficient (Wildman–Crippen LogP) is 4.57. The third kappa shape index (κ3) is 3.77. The second-order valence-electron chi connectivity index (χ2n) is 5.16. The summed E-state index contributed by atoms with van der Waals surface area (Å²) in [6, 6.07) is 9.59. The van der Waals surface area contributed by atoms with E-state index in [1.165, 1.54) is 4.88 Å². The molecule has 0 fully saturated rings. The van der Waals surface area contributed by atoms with E-state index in [2.05, 4.69) is 35.9 Å². The van der Waals surface area contributed by atoms with Crippen LogP contribution in [-0.4, -0.2) is 13.0 Å². The minimum atomic E-state index is -0.119. The summed E-state index contributed by atoms with van der Waals surface area (Å²) >= 11 is 7.98. The number of hydrogen-bond donors (Lipinski definition) is 2. The van der Waals surface area contributed by atoms with Gasteiger partial charge in [-0.3, -0.25) is 4.79 Å². The number of amides is 1. The molecule has 1 atom stereocenters. The Bertz CT molecular complexity index is 611. The van der Waals surface area contributed by atoms with E-state index < -0.39 is 0 Å². The van der Waals surface area contributed by atoms with Gasteiger partial charge >= 0.3 is 0 Å². The van der Waals surface area contributed by atoms with Crippen LogP contribution in [0, 0.1) is 5.92 Å². The van der Waals surface area contributed by atoms with E-state index in [1.54, 1.807) is 36.6 Å².